The molecule has 0 aromatic heterocycles. The molecule has 0 atom stereocenters. The number of hydrogen-bond acceptors (Lipinski definition) is 3. The van der Waals surface area contributed by atoms with Gasteiger partial charge in [-0.25, -0.2) is 0 Å². The molecule has 0 unspecified atom stereocenters. The Bertz CT molecular complexity index is 68.4. The minimum absolute atomic E-state index is 0.0621. The van der Waals surface area contributed by atoms with Crippen LogP contribution in [-0.4, -0.2) is 34.9 Å². The van der Waals surface area contributed by atoms with Gasteiger partial charge in [0, 0.05) is 11.5 Å². The molecule has 0 saturated heterocycles. The van der Waals surface area contributed by atoms with E-state index >= 15 is 0 Å². The highest BCUT2D eigenvalue weighted by molar-refractivity contribution is 7.86. The molecule has 50 valence electrons. The van der Waals surface area contributed by atoms with Crippen LogP contribution in [0, 0.1) is 4.78 Å². The van der Waals surface area contributed by atoms with E-state index in [1.54, 1.807) is 0 Å². The van der Waals surface area contributed by atoms with Gasteiger partial charge in [-0.15, -0.1) is 0 Å². The fourth-order valence-electron chi connectivity index (χ4n) is 0.322. The molecule has 0 aliphatic rings. The number of rotatable bonds is 4. The molecule has 0 radical (unpaired) electrons. The third kappa shape index (κ3) is 4.23. The van der Waals surface area contributed by atoms with Crippen LogP contribution < -0.4 is 0 Å². The summed E-state index contributed by atoms with van der Waals surface area (Å²) in [5.74, 6) is 1.00. The first-order valence-corrected chi connectivity index (χ1v) is 3.98. The van der Waals surface area contributed by atoms with Crippen molar-refractivity contribution in [3.8, 4) is 0 Å². The van der Waals surface area contributed by atoms with E-state index in [1.165, 1.54) is 0 Å². The molecule has 0 fully saturated rings. The summed E-state index contributed by atoms with van der Waals surface area (Å²) in [6.45, 7) is 0.124. The highest BCUT2D eigenvalue weighted by Gasteiger charge is 1.89. The van der Waals surface area contributed by atoms with Crippen molar-refractivity contribution in [2.45, 2.75) is 0 Å². The average Bonchev–Trinajstić information content (AvgIpc) is 1.68. The van der Waals surface area contributed by atoms with E-state index in [9.17, 15) is 0 Å². The Morgan fingerprint density at radius 2 is 1.50 bits per heavy atom. The summed E-state index contributed by atoms with van der Waals surface area (Å²) in [4.78, 5) is 0. The van der Waals surface area contributed by atoms with Crippen molar-refractivity contribution in [3.05, 3.63) is 0 Å². The second-order valence-corrected chi connectivity index (χ2v) is 3.15. The summed E-state index contributed by atoms with van der Waals surface area (Å²) in [6.07, 6.45) is 0. The van der Waals surface area contributed by atoms with Crippen molar-refractivity contribution in [2.24, 2.45) is 0 Å². The van der Waals surface area contributed by atoms with Crippen LogP contribution in [0.5, 0.6) is 0 Å². The van der Waals surface area contributed by atoms with Crippen molar-refractivity contribution in [1.82, 2.24) is 0 Å². The van der Waals surface area contributed by atoms with Crippen LogP contribution in [0.2, 0.25) is 0 Å². The molecular formula is C4H11NO2S. The summed E-state index contributed by atoms with van der Waals surface area (Å²) < 4.78 is 7.08. The van der Waals surface area contributed by atoms with Gasteiger partial charge in [-0.1, -0.05) is 10.7 Å². The highest BCUT2D eigenvalue weighted by atomic mass is 32.2. The Morgan fingerprint density at radius 1 is 1.12 bits per heavy atom. The fraction of sp³-hybridized carbons (Fsp3) is 1.00. The van der Waals surface area contributed by atoms with E-state index in [1.807, 2.05) is 0 Å². The lowest BCUT2D eigenvalue weighted by atomic mass is 10.9. The van der Waals surface area contributed by atoms with Gasteiger partial charge >= 0.3 is 0 Å². The zero-order valence-electron chi connectivity index (χ0n) is 4.63. The van der Waals surface area contributed by atoms with Crippen LogP contribution in [0.15, 0.2) is 0 Å². The predicted octanol–water partition coefficient (Wildman–Crippen LogP) is -0.648. The maximum Gasteiger partial charge on any atom is 0.0530 e. The third-order valence-electron chi connectivity index (χ3n) is 0.675. The summed E-state index contributed by atoms with van der Waals surface area (Å²) in [5.41, 5.74) is 0. The molecule has 4 heteroatoms. The second kappa shape index (κ2) is 5.21. The molecule has 3 nitrogen and oxygen atoms in total. The molecule has 0 aliphatic heterocycles. The Kier molecular flexibility index (Phi) is 5.26. The number of nitrogens with one attached hydrogen (secondary N) is 1. The lowest BCUT2D eigenvalue weighted by Gasteiger charge is -1.97. The van der Waals surface area contributed by atoms with Crippen LogP contribution in [-0.2, 0) is 10.7 Å². The molecule has 0 bridgehead atoms. The molecule has 0 aromatic carbocycles. The molecule has 8 heavy (non-hydrogen) atoms. The minimum Gasteiger partial charge on any atom is -0.395 e. The zero-order chi connectivity index (χ0) is 6.41. The van der Waals surface area contributed by atoms with Crippen molar-refractivity contribution >= 4 is 10.7 Å². The summed E-state index contributed by atoms with van der Waals surface area (Å²) in [6, 6.07) is 0. The largest absolute Gasteiger partial charge is 0.395 e. The van der Waals surface area contributed by atoms with Crippen LogP contribution in [0.25, 0.3) is 0 Å². The molecular weight excluding hydrogens is 126 g/mol. The van der Waals surface area contributed by atoms with Crippen LogP contribution in [0.3, 0.4) is 0 Å². The van der Waals surface area contributed by atoms with E-state index in [0.29, 0.717) is 11.5 Å². The number of aliphatic hydroxyl groups excluding tert-OH is 2. The van der Waals surface area contributed by atoms with E-state index in [0.717, 1.165) is 0 Å². The lowest BCUT2D eigenvalue weighted by molar-refractivity contribution is 0.317. The molecule has 3 N–H and O–H groups in total. The Labute approximate surface area is 51.2 Å². The van der Waals surface area contributed by atoms with Gasteiger partial charge in [0.25, 0.3) is 0 Å². The smallest absolute Gasteiger partial charge is 0.0530 e. The van der Waals surface area contributed by atoms with Gasteiger partial charge in [0.15, 0.2) is 0 Å². The van der Waals surface area contributed by atoms with Crippen molar-refractivity contribution < 1.29 is 10.2 Å². The Morgan fingerprint density at radius 3 is 1.75 bits per heavy atom. The summed E-state index contributed by atoms with van der Waals surface area (Å²) in [5, 5.41) is 16.5. The van der Waals surface area contributed by atoms with Gasteiger partial charge in [-0.2, -0.15) is 0 Å². The van der Waals surface area contributed by atoms with Crippen LogP contribution >= 0.6 is 0 Å². The molecule has 0 aliphatic carbocycles. The van der Waals surface area contributed by atoms with Gasteiger partial charge in [-0.3, -0.25) is 4.78 Å². The average molecular weight is 137 g/mol. The van der Waals surface area contributed by atoms with Gasteiger partial charge < -0.3 is 10.2 Å². The van der Waals surface area contributed by atoms with Crippen molar-refractivity contribution in [2.75, 3.05) is 24.7 Å². The van der Waals surface area contributed by atoms with Crippen molar-refractivity contribution in [1.29, 1.82) is 4.78 Å². The fourth-order valence-corrected chi connectivity index (χ4v) is 0.967. The number of aliphatic hydroxyl groups is 2. The first kappa shape index (κ1) is 8.07. The first-order chi connectivity index (χ1) is 3.81. The molecule has 0 rings (SSSR count). The first-order valence-electron chi connectivity index (χ1n) is 2.41. The van der Waals surface area contributed by atoms with Gasteiger partial charge in [0.1, 0.15) is 0 Å². The summed E-state index contributed by atoms with van der Waals surface area (Å²) in [7, 11) is -0.520. The SMILES string of the molecule is N=S(CCO)CCO. The minimum atomic E-state index is -0.520. The molecule has 0 heterocycles. The standard InChI is InChI=1S/C4H11NO2S/c5-8(3-1-6)4-2-7/h5-7H,1-4H2. The van der Waals surface area contributed by atoms with E-state index in [4.69, 9.17) is 15.0 Å². The van der Waals surface area contributed by atoms with Crippen LogP contribution in [0.1, 0.15) is 0 Å². The maximum absolute atomic E-state index is 8.27. The Balaban J connectivity index is 3.06. The van der Waals surface area contributed by atoms with Crippen molar-refractivity contribution in [3.63, 3.8) is 0 Å². The van der Waals surface area contributed by atoms with Gasteiger partial charge in [0.05, 0.1) is 13.2 Å². The normalized spacial score (nSPS) is 10.4. The van der Waals surface area contributed by atoms with Crippen LogP contribution in [0.4, 0.5) is 0 Å². The third-order valence-corrected chi connectivity index (χ3v) is 2.03. The van der Waals surface area contributed by atoms with Gasteiger partial charge in [0.2, 0.25) is 0 Å². The maximum atomic E-state index is 8.27. The lowest BCUT2D eigenvalue weighted by Crippen LogP contribution is -2.06. The second-order valence-electron chi connectivity index (χ2n) is 1.35. The molecule has 0 aromatic rings. The van der Waals surface area contributed by atoms with E-state index < -0.39 is 10.7 Å². The quantitative estimate of drug-likeness (QED) is 0.482. The van der Waals surface area contributed by atoms with E-state index in [-0.39, 0.29) is 13.2 Å². The predicted molar refractivity (Wildman–Crippen MR) is 34.0 cm³/mol. The molecule has 0 amide bonds. The topological polar surface area (TPSA) is 64.3 Å². The monoisotopic (exact) mass is 137 g/mol. The molecule has 0 saturated carbocycles. The van der Waals surface area contributed by atoms with E-state index in [2.05, 4.69) is 0 Å². The summed E-state index contributed by atoms with van der Waals surface area (Å²) >= 11 is 0. The van der Waals surface area contributed by atoms with Gasteiger partial charge in [-0.05, 0) is 0 Å². The number of hydrogen-bond donors (Lipinski definition) is 3. The highest BCUT2D eigenvalue weighted by Crippen LogP contribution is 1.79. The zero-order valence-corrected chi connectivity index (χ0v) is 5.45. The molecule has 0 spiro atoms. The Hall–Kier alpha value is 0.0700.